The Hall–Kier alpha value is -1.82. The van der Waals surface area contributed by atoms with E-state index in [4.69, 9.17) is 4.74 Å². The number of hydrogen-bond acceptors (Lipinski definition) is 3. The summed E-state index contributed by atoms with van der Waals surface area (Å²) in [7, 11) is 0. The van der Waals surface area contributed by atoms with Gasteiger partial charge in [-0.2, -0.15) is 0 Å². The monoisotopic (exact) mass is 465 g/mol. The van der Waals surface area contributed by atoms with Gasteiger partial charge in [-0.25, -0.2) is 0 Å². The second kappa shape index (κ2) is 10.9. The Morgan fingerprint density at radius 1 is 0.960 bits per heavy atom. The van der Waals surface area contributed by atoms with Crippen LogP contribution in [0.15, 0.2) is 69.6 Å². The zero-order valence-corrected chi connectivity index (χ0v) is 17.4. The van der Waals surface area contributed by atoms with Crippen molar-refractivity contribution in [3.05, 3.63) is 80.7 Å². The van der Waals surface area contributed by atoms with E-state index < -0.39 is 5.97 Å². The quantitative estimate of drug-likeness (QED) is 0.262. The Balaban J connectivity index is 2.17. The van der Waals surface area contributed by atoms with Gasteiger partial charge in [0.15, 0.2) is 0 Å². The van der Waals surface area contributed by atoms with Crippen LogP contribution in [0.4, 0.5) is 0 Å². The average Bonchev–Trinajstić information content (AvgIpc) is 2.66. The van der Waals surface area contributed by atoms with Gasteiger partial charge in [-0.1, -0.05) is 0 Å². The van der Waals surface area contributed by atoms with E-state index in [0.717, 1.165) is 14.0 Å². The van der Waals surface area contributed by atoms with Crippen LogP contribution >= 0.6 is 0 Å². The number of hydrogen-bond donors (Lipinski definition) is 0. The number of ether oxygens (including phenoxy) is 1. The Morgan fingerprint density at radius 2 is 1.44 bits per heavy atom. The van der Waals surface area contributed by atoms with Crippen molar-refractivity contribution in [2.75, 3.05) is 6.61 Å². The minimum absolute atomic E-state index is 0.0635. The number of rotatable bonds is 8. The molecule has 0 bridgehead atoms. The molecular formula is C20H19NO2Se2. The fraction of sp³-hybridized carbons (Fsp3) is 0.200. The van der Waals surface area contributed by atoms with Crippen LogP contribution in [0, 0.1) is 11.3 Å². The van der Waals surface area contributed by atoms with E-state index in [-0.39, 0.29) is 42.1 Å². The SMILES string of the molecule is CCOC(=O)C(C#N)=C([Se]Cc1ccccc1)[Se]Cc1ccccc1. The first-order valence-electron chi connectivity index (χ1n) is 7.89. The average molecular weight is 463 g/mol. The molecule has 2 aromatic rings. The fourth-order valence-corrected chi connectivity index (χ4v) is 7.58. The van der Waals surface area contributed by atoms with Crippen molar-refractivity contribution in [3.63, 3.8) is 0 Å². The first-order valence-corrected chi connectivity index (χ1v) is 12.0. The second-order valence-corrected chi connectivity index (χ2v) is 10.5. The molecule has 0 saturated heterocycles. The summed E-state index contributed by atoms with van der Waals surface area (Å²) in [6, 6.07) is 22.5. The van der Waals surface area contributed by atoms with Gasteiger partial charge in [0.1, 0.15) is 0 Å². The van der Waals surface area contributed by atoms with Gasteiger partial charge in [-0.3, -0.25) is 0 Å². The first kappa shape index (κ1) is 19.5. The third-order valence-corrected chi connectivity index (χ3v) is 9.75. The molecule has 0 fully saturated rings. The van der Waals surface area contributed by atoms with E-state index in [9.17, 15) is 10.1 Å². The van der Waals surface area contributed by atoms with Gasteiger partial charge >= 0.3 is 162 Å². The third-order valence-electron chi connectivity index (χ3n) is 3.22. The number of nitrogens with zero attached hydrogens (tertiary/aromatic N) is 1. The summed E-state index contributed by atoms with van der Waals surface area (Å²) >= 11 is 0.127. The van der Waals surface area contributed by atoms with Crippen LogP contribution in [0.3, 0.4) is 0 Å². The Labute approximate surface area is 161 Å². The third kappa shape index (κ3) is 6.53. The van der Waals surface area contributed by atoms with Gasteiger partial charge in [0.2, 0.25) is 0 Å². The summed E-state index contributed by atoms with van der Waals surface area (Å²) in [5, 5.41) is 11.3. The van der Waals surface area contributed by atoms with Crippen LogP contribution in [-0.2, 0) is 20.2 Å². The summed E-state index contributed by atoms with van der Waals surface area (Å²) in [6.07, 6.45) is 0. The molecule has 0 spiro atoms. The maximum absolute atomic E-state index is 12.2. The summed E-state index contributed by atoms with van der Waals surface area (Å²) in [4.78, 5) is 12.2. The van der Waals surface area contributed by atoms with Crippen LogP contribution < -0.4 is 0 Å². The van der Waals surface area contributed by atoms with E-state index in [1.807, 2.05) is 36.4 Å². The molecule has 5 heteroatoms. The predicted molar refractivity (Wildman–Crippen MR) is 101 cm³/mol. The Kier molecular flexibility index (Phi) is 8.52. The molecule has 0 saturated carbocycles. The maximum atomic E-state index is 12.2. The standard InChI is InChI=1S/C20H19NO2Se2/c1-2-23-19(22)18(13-21)20(24-14-16-9-5-3-6-10-16)25-15-17-11-7-4-8-12-17/h3-12H,2,14-15H2,1H3. The van der Waals surface area contributed by atoms with Crippen molar-refractivity contribution >= 4 is 35.9 Å². The van der Waals surface area contributed by atoms with Crippen molar-refractivity contribution in [2.24, 2.45) is 0 Å². The van der Waals surface area contributed by atoms with Crippen molar-refractivity contribution in [1.29, 1.82) is 5.26 Å². The van der Waals surface area contributed by atoms with Gasteiger partial charge in [0.25, 0.3) is 0 Å². The van der Waals surface area contributed by atoms with Crippen LogP contribution in [0.2, 0.25) is 0 Å². The fourth-order valence-electron chi connectivity index (χ4n) is 2.01. The molecule has 0 aromatic heterocycles. The molecule has 2 aromatic carbocycles. The topological polar surface area (TPSA) is 50.1 Å². The van der Waals surface area contributed by atoms with E-state index in [1.54, 1.807) is 6.92 Å². The van der Waals surface area contributed by atoms with E-state index in [0.29, 0.717) is 0 Å². The summed E-state index contributed by atoms with van der Waals surface area (Å²) in [5.74, 6) is -0.482. The first-order chi connectivity index (χ1) is 12.2. The Morgan fingerprint density at radius 3 is 1.84 bits per heavy atom. The molecule has 0 heterocycles. The van der Waals surface area contributed by atoms with Crippen LogP contribution in [0.25, 0.3) is 0 Å². The van der Waals surface area contributed by atoms with Crippen molar-refractivity contribution in [1.82, 2.24) is 0 Å². The zero-order chi connectivity index (χ0) is 17.9. The molecule has 2 rings (SSSR count). The van der Waals surface area contributed by atoms with Gasteiger partial charge in [-0.15, -0.1) is 0 Å². The van der Waals surface area contributed by atoms with E-state index in [1.165, 1.54) is 11.1 Å². The molecule has 0 radical (unpaired) electrons. The molecule has 0 N–H and O–H groups in total. The van der Waals surface area contributed by atoms with Crippen LogP contribution in [0.5, 0.6) is 0 Å². The molecule has 128 valence electrons. The molecule has 0 unspecified atom stereocenters. The summed E-state index contributed by atoms with van der Waals surface area (Å²) < 4.78 is 6.07. The number of carbonyl (C=O) groups excluding carboxylic acids is 1. The number of carbonyl (C=O) groups is 1. The minimum atomic E-state index is -0.482. The number of benzene rings is 2. The van der Waals surface area contributed by atoms with Crippen molar-refractivity contribution in [2.45, 2.75) is 17.6 Å². The molecule has 25 heavy (non-hydrogen) atoms. The molecule has 0 aliphatic rings. The molecule has 3 nitrogen and oxygen atoms in total. The molecule has 0 atom stereocenters. The summed E-state index contributed by atoms with van der Waals surface area (Å²) in [6.45, 7) is 2.05. The number of nitriles is 1. The van der Waals surface area contributed by atoms with E-state index in [2.05, 4.69) is 30.3 Å². The van der Waals surface area contributed by atoms with Gasteiger partial charge in [-0.05, 0) is 0 Å². The molecule has 0 aliphatic heterocycles. The second-order valence-electron chi connectivity index (χ2n) is 5.04. The Bertz CT molecular complexity index is 707. The molecular weight excluding hydrogens is 444 g/mol. The number of esters is 1. The normalized spacial score (nSPS) is 9.92. The van der Waals surface area contributed by atoms with Gasteiger partial charge < -0.3 is 0 Å². The summed E-state index contributed by atoms with van der Waals surface area (Å²) in [5.41, 5.74) is 2.68. The molecule has 0 aliphatic carbocycles. The predicted octanol–water partition coefficient (Wildman–Crippen LogP) is 3.09. The van der Waals surface area contributed by atoms with Crippen molar-refractivity contribution < 1.29 is 9.53 Å². The van der Waals surface area contributed by atoms with Crippen LogP contribution in [0.1, 0.15) is 18.1 Å². The van der Waals surface area contributed by atoms with Crippen LogP contribution in [-0.4, -0.2) is 42.5 Å². The van der Waals surface area contributed by atoms with E-state index >= 15 is 0 Å². The van der Waals surface area contributed by atoms with Crippen molar-refractivity contribution in [3.8, 4) is 6.07 Å². The molecule has 0 amide bonds. The van der Waals surface area contributed by atoms with Gasteiger partial charge in [0.05, 0.1) is 0 Å². The zero-order valence-electron chi connectivity index (χ0n) is 14.0. The van der Waals surface area contributed by atoms with Gasteiger partial charge in [0, 0.05) is 0 Å².